The maximum Gasteiger partial charge on any atom is 0.647 e. The molecule has 0 aliphatic carbocycles. The minimum atomic E-state index is -4.62. The number of carbonyl (C=O) groups excluding carboxylic acids is 6. The van der Waals surface area contributed by atoms with Gasteiger partial charge < -0.3 is 42.0 Å². The third-order valence-electron chi connectivity index (χ3n) is 16.1. The lowest BCUT2D eigenvalue weighted by Crippen LogP contribution is -2.11. The number of rotatable bonds is 60. The first-order chi connectivity index (χ1) is 46.2. The molecular formula is C78H111O16P. The van der Waals surface area contributed by atoms with Gasteiger partial charge in [0.05, 0.1) is 39.6 Å². The van der Waals surface area contributed by atoms with E-state index in [4.69, 9.17) is 42.0 Å². The van der Waals surface area contributed by atoms with Crippen LogP contribution in [0.5, 0.6) is 17.2 Å². The van der Waals surface area contributed by atoms with Gasteiger partial charge in [0, 0.05) is 36.5 Å². The van der Waals surface area contributed by atoms with Crippen LogP contribution in [0.3, 0.4) is 0 Å². The average Bonchev–Trinajstić information content (AvgIpc) is 0.809. The smallest absolute Gasteiger partial charge is 0.463 e. The Morgan fingerprint density at radius 2 is 0.442 bits per heavy atom. The van der Waals surface area contributed by atoms with E-state index < -0.39 is 43.6 Å². The quantitative estimate of drug-likeness (QED) is 0.0170. The molecule has 95 heavy (non-hydrogen) atoms. The number of benzene rings is 3. The third-order valence-corrected chi connectivity index (χ3v) is 17.3. The molecule has 3 aromatic rings. The molecule has 0 N–H and O–H groups in total. The van der Waals surface area contributed by atoms with E-state index in [1.54, 1.807) is 0 Å². The Kier molecular flexibility index (Phi) is 45.4. The van der Waals surface area contributed by atoms with Gasteiger partial charge in [-0.2, -0.15) is 4.57 Å². The van der Waals surface area contributed by atoms with E-state index in [1.807, 2.05) is 36.4 Å². The van der Waals surface area contributed by atoms with Crippen LogP contribution in [0.15, 0.2) is 131 Å². The van der Waals surface area contributed by atoms with Crippen molar-refractivity contribution in [2.24, 2.45) is 0 Å². The van der Waals surface area contributed by atoms with Crippen LogP contribution >= 0.6 is 7.82 Å². The lowest BCUT2D eigenvalue weighted by atomic mass is 9.99. The van der Waals surface area contributed by atoms with Gasteiger partial charge >= 0.3 is 43.6 Å². The molecule has 0 saturated carbocycles. The zero-order valence-electron chi connectivity index (χ0n) is 57.1. The molecule has 0 bridgehead atoms. The number of phosphoric ester groups is 1. The molecule has 0 amide bonds. The number of phosphoric acid groups is 1. The molecule has 0 radical (unpaired) electrons. The molecule has 16 nitrogen and oxygen atoms in total. The summed E-state index contributed by atoms with van der Waals surface area (Å²) in [5, 5.41) is 0. The molecule has 17 heteroatoms. The van der Waals surface area contributed by atoms with Gasteiger partial charge in [-0.1, -0.05) is 191 Å². The van der Waals surface area contributed by atoms with Crippen LogP contribution in [-0.2, 0) is 100 Å². The highest BCUT2D eigenvalue weighted by Crippen LogP contribution is 2.52. The Bertz CT molecular complexity index is 2540. The summed E-state index contributed by atoms with van der Waals surface area (Å²) in [7, 11) is -4.62. The van der Waals surface area contributed by atoms with Gasteiger partial charge in [0.1, 0.15) is 17.2 Å². The predicted molar refractivity (Wildman–Crippen MR) is 376 cm³/mol. The SMILES string of the molecule is C=CC(=O)OCCCCCCCc1ccc(OP(=O)(Oc2ccc(CCCCCCCOC(=O)C=C)cc2CCCCCCCOC(=O)C=C)Oc2ccc(CCCCCCCOC(=O)C=C)cc2CCCCCCCOC(=O)C=C)c(CCCCCCCOC(=O)C=C)c1. The highest BCUT2D eigenvalue weighted by molar-refractivity contribution is 7.49. The summed E-state index contributed by atoms with van der Waals surface area (Å²) in [6, 6.07) is 18.3. The second kappa shape index (κ2) is 52.8. The first-order valence-corrected chi connectivity index (χ1v) is 36.5. The Balaban J connectivity index is 2.08. The van der Waals surface area contributed by atoms with Gasteiger partial charge in [-0.05, 0) is 167 Å². The van der Waals surface area contributed by atoms with E-state index in [1.165, 1.54) is 36.5 Å². The van der Waals surface area contributed by atoms with E-state index in [0.717, 1.165) is 245 Å². The van der Waals surface area contributed by atoms with Gasteiger partial charge in [-0.25, -0.2) is 28.8 Å². The van der Waals surface area contributed by atoms with Crippen LogP contribution in [0.4, 0.5) is 0 Å². The van der Waals surface area contributed by atoms with E-state index >= 15 is 4.57 Å². The van der Waals surface area contributed by atoms with E-state index in [9.17, 15) is 28.8 Å². The Morgan fingerprint density at radius 3 is 0.642 bits per heavy atom. The maximum absolute atomic E-state index is 16.3. The maximum atomic E-state index is 16.3. The van der Waals surface area contributed by atoms with Crippen LogP contribution in [0.2, 0.25) is 0 Å². The first-order valence-electron chi connectivity index (χ1n) is 35.0. The molecule has 0 unspecified atom stereocenters. The summed E-state index contributed by atoms with van der Waals surface area (Å²) >= 11 is 0. The molecule has 0 aliphatic heterocycles. The summed E-state index contributed by atoms with van der Waals surface area (Å²) < 4.78 is 68.1. The normalized spacial score (nSPS) is 10.9. The van der Waals surface area contributed by atoms with Gasteiger partial charge in [0.25, 0.3) is 0 Å². The Hall–Kier alpha value is -7.45. The molecule has 0 aliphatic rings. The van der Waals surface area contributed by atoms with Crippen molar-refractivity contribution in [2.45, 2.75) is 231 Å². The van der Waals surface area contributed by atoms with Crippen molar-refractivity contribution in [2.75, 3.05) is 39.6 Å². The highest BCUT2D eigenvalue weighted by Gasteiger charge is 2.36. The van der Waals surface area contributed by atoms with Crippen LogP contribution in [0, 0.1) is 0 Å². The van der Waals surface area contributed by atoms with Gasteiger partial charge in [-0.15, -0.1) is 0 Å². The van der Waals surface area contributed by atoms with Crippen molar-refractivity contribution in [1.29, 1.82) is 0 Å². The molecule has 0 spiro atoms. The number of unbranched alkanes of at least 4 members (excludes halogenated alkanes) is 24. The number of hydrogen-bond acceptors (Lipinski definition) is 16. The molecule has 3 aromatic carbocycles. The van der Waals surface area contributed by atoms with E-state index in [0.29, 0.717) is 76.2 Å². The second-order valence-corrected chi connectivity index (χ2v) is 25.3. The summed E-state index contributed by atoms with van der Waals surface area (Å²) in [4.78, 5) is 69.5. The fourth-order valence-electron chi connectivity index (χ4n) is 10.8. The summed E-state index contributed by atoms with van der Waals surface area (Å²) in [6.07, 6.45) is 38.3. The van der Waals surface area contributed by atoms with Gasteiger partial charge in [0.15, 0.2) is 0 Å². The average molecular weight is 1340 g/mol. The molecule has 524 valence electrons. The zero-order chi connectivity index (χ0) is 68.8. The molecule has 0 heterocycles. The largest absolute Gasteiger partial charge is 0.647 e. The third kappa shape index (κ3) is 39.9. The second-order valence-electron chi connectivity index (χ2n) is 23.9. The zero-order valence-corrected chi connectivity index (χ0v) is 58.0. The molecule has 0 fully saturated rings. The van der Waals surface area contributed by atoms with Crippen molar-refractivity contribution in [3.8, 4) is 17.2 Å². The minimum absolute atomic E-state index is 0.337. The standard InChI is InChI=1S/C78H111O16P/c1-7-73(79)86-55-37-25-13-19-31-43-64-49-52-70(67(61-64)46-34-22-16-28-40-58-89-76(82)10-4)92-95(85,93-71-53-50-65(44-32-20-14-26-38-56-87-74(80)8-2)62-68(71)47-35-23-17-29-41-59-90-77(83)11-5)94-72-54-51-66(45-33-21-15-27-39-57-88-75(81)9-3)63-69(72)48-36-24-18-30-42-60-91-78(84)12-6/h7-12,49-54,61-63H,1-6,13-48,55-60H2. The molecule has 0 atom stereocenters. The molecule has 0 saturated heterocycles. The van der Waals surface area contributed by atoms with Crippen molar-refractivity contribution in [3.05, 3.63) is 164 Å². The fourth-order valence-corrected chi connectivity index (χ4v) is 12.1. The predicted octanol–water partition coefficient (Wildman–Crippen LogP) is 18.7. The van der Waals surface area contributed by atoms with Gasteiger partial charge in [0.2, 0.25) is 0 Å². The van der Waals surface area contributed by atoms with Crippen molar-refractivity contribution in [1.82, 2.24) is 0 Å². The highest BCUT2D eigenvalue weighted by atomic mass is 31.2. The molecule has 3 rings (SSSR count). The van der Waals surface area contributed by atoms with E-state index in [2.05, 4.69) is 57.7 Å². The fraction of sp³-hybridized carbons (Fsp3) is 0.538. The van der Waals surface area contributed by atoms with Crippen molar-refractivity contribution < 1.29 is 75.3 Å². The lowest BCUT2D eigenvalue weighted by molar-refractivity contribution is -0.138. The van der Waals surface area contributed by atoms with Crippen molar-refractivity contribution in [3.63, 3.8) is 0 Å². The minimum Gasteiger partial charge on any atom is -0.463 e. The topological polar surface area (TPSA) is 203 Å². The van der Waals surface area contributed by atoms with Crippen molar-refractivity contribution >= 4 is 43.6 Å². The molecular weight excluding hydrogens is 1220 g/mol. The van der Waals surface area contributed by atoms with Crippen LogP contribution in [0.25, 0.3) is 0 Å². The Labute approximate surface area is 568 Å². The summed E-state index contributed by atoms with van der Waals surface area (Å²) in [6.45, 7) is 23.0. The number of carbonyl (C=O) groups is 6. The number of ether oxygens (including phenoxy) is 6. The number of hydrogen-bond donors (Lipinski definition) is 0. The van der Waals surface area contributed by atoms with Crippen LogP contribution < -0.4 is 13.6 Å². The number of esters is 6. The number of aryl methyl sites for hydroxylation is 6. The molecule has 0 aromatic heterocycles. The summed E-state index contributed by atoms with van der Waals surface area (Å²) in [5.74, 6) is -1.28. The van der Waals surface area contributed by atoms with Gasteiger partial charge in [-0.3, -0.25) is 0 Å². The van der Waals surface area contributed by atoms with E-state index in [-0.39, 0.29) is 0 Å². The monoisotopic (exact) mass is 1330 g/mol. The Morgan fingerprint density at radius 1 is 0.263 bits per heavy atom. The summed E-state index contributed by atoms with van der Waals surface area (Å²) in [5.41, 5.74) is 6.05. The van der Waals surface area contributed by atoms with Crippen LogP contribution in [-0.4, -0.2) is 75.5 Å². The lowest BCUT2D eigenvalue weighted by Gasteiger charge is -2.24. The van der Waals surface area contributed by atoms with Crippen LogP contribution in [0.1, 0.15) is 226 Å². The first kappa shape index (κ1) is 81.8.